The number of fused-ring (bicyclic) bond motifs is 2. The molecule has 0 atom stereocenters. The zero-order valence-corrected chi connectivity index (χ0v) is 16.8. The Morgan fingerprint density at radius 3 is 3.00 bits per heavy atom. The summed E-state index contributed by atoms with van der Waals surface area (Å²) in [6, 6.07) is 13.1. The van der Waals surface area contributed by atoms with Gasteiger partial charge in [0, 0.05) is 16.1 Å². The first-order chi connectivity index (χ1) is 14.2. The summed E-state index contributed by atoms with van der Waals surface area (Å²) in [5.41, 5.74) is 2.75. The van der Waals surface area contributed by atoms with Gasteiger partial charge in [0.15, 0.2) is 0 Å². The fourth-order valence-electron chi connectivity index (χ4n) is 3.18. The van der Waals surface area contributed by atoms with Crippen LogP contribution in [0.2, 0.25) is 0 Å². The Balaban J connectivity index is 1.35. The summed E-state index contributed by atoms with van der Waals surface area (Å²) in [4.78, 5) is 26.8. The number of thiophene rings is 1. The van der Waals surface area contributed by atoms with Crippen LogP contribution < -0.4 is 16.2 Å². The molecule has 1 aliphatic heterocycles. The second-order valence-corrected chi connectivity index (χ2v) is 8.61. The van der Waals surface area contributed by atoms with E-state index < -0.39 is 0 Å². The van der Waals surface area contributed by atoms with Crippen LogP contribution in [0.25, 0.3) is 4.83 Å². The quantitative estimate of drug-likeness (QED) is 0.512. The van der Waals surface area contributed by atoms with Gasteiger partial charge < -0.3 is 15.4 Å². The van der Waals surface area contributed by atoms with E-state index in [9.17, 15) is 9.59 Å². The Hall–Kier alpha value is -3.01. The van der Waals surface area contributed by atoms with Crippen LogP contribution in [0.15, 0.2) is 52.6 Å². The topological polar surface area (TPSA) is 84.7 Å². The molecule has 0 unspecified atom stereocenters. The molecule has 1 amide bonds. The number of carbonyl (C=O) groups excluding carboxylic acids is 1. The van der Waals surface area contributed by atoms with Crippen LogP contribution in [0.3, 0.4) is 0 Å². The van der Waals surface area contributed by atoms with E-state index in [1.165, 1.54) is 15.9 Å². The summed E-state index contributed by atoms with van der Waals surface area (Å²) in [6.45, 7) is 1.30. The fourth-order valence-corrected chi connectivity index (χ4v) is 4.73. The first-order valence-electron chi connectivity index (χ1n) is 8.97. The van der Waals surface area contributed by atoms with E-state index in [0.717, 1.165) is 21.0 Å². The summed E-state index contributed by atoms with van der Waals surface area (Å²) >= 11 is 2.99. The maximum Gasteiger partial charge on any atom is 0.278 e. The number of aromatic nitrogens is 2. The van der Waals surface area contributed by atoms with Gasteiger partial charge in [0.2, 0.25) is 5.13 Å². The van der Waals surface area contributed by atoms with Crippen LogP contribution in [0.4, 0.5) is 10.8 Å². The molecular formula is C20H16N4O3S2. The van der Waals surface area contributed by atoms with Gasteiger partial charge in [-0.1, -0.05) is 23.5 Å². The Morgan fingerprint density at radius 2 is 2.14 bits per heavy atom. The van der Waals surface area contributed by atoms with Gasteiger partial charge >= 0.3 is 0 Å². The highest BCUT2D eigenvalue weighted by atomic mass is 32.1. The molecule has 1 aromatic carbocycles. The van der Waals surface area contributed by atoms with Gasteiger partial charge in [-0.2, -0.15) is 4.52 Å². The number of amides is 1. The van der Waals surface area contributed by atoms with E-state index in [1.807, 2.05) is 35.7 Å². The highest BCUT2D eigenvalue weighted by Gasteiger charge is 2.19. The SMILES string of the molecule is O=C(NCc1cccs1)c1cccc(Nc2nn3c(=O)c4c(cc3s2)COC4)c1. The van der Waals surface area contributed by atoms with Crippen LogP contribution in [-0.4, -0.2) is 15.5 Å². The molecular weight excluding hydrogens is 408 g/mol. The number of hydrogen-bond acceptors (Lipinski definition) is 7. The van der Waals surface area contributed by atoms with Crippen LogP contribution in [0, 0.1) is 0 Å². The lowest BCUT2D eigenvalue weighted by molar-refractivity contribution is 0.0951. The first-order valence-corrected chi connectivity index (χ1v) is 10.7. The number of anilines is 2. The summed E-state index contributed by atoms with van der Waals surface area (Å²) in [5, 5.41) is 13.1. The average Bonchev–Trinajstić information content (AvgIpc) is 3.47. The minimum atomic E-state index is -0.140. The van der Waals surface area contributed by atoms with Crippen molar-refractivity contribution in [3.8, 4) is 0 Å². The normalized spacial score (nSPS) is 12.8. The third kappa shape index (κ3) is 3.55. The van der Waals surface area contributed by atoms with Crippen molar-refractivity contribution in [2.24, 2.45) is 0 Å². The lowest BCUT2D eigenvalue weighted by Gasteiger charge is -2.06. The Morgan fingerprint density at radius 1 is 1.21 bits per heavy atom. The summed E-state index contributed by atoms with van der Waals surface area (Å²) in [7, 11) is 0. The minimum Gasteiger partial charge on any atom is -0.372 e. The number of rotatable bonds is 5. The van der Waals surface area contributed by atoms with E-state index in [-0.39, 0.29) is 11.5 Å². The molecule has 146 valence electrons. The van der Waals surface area contributed by atoms with Crippen molar-refractivity contribution in [1.82, 2.24) is 14.9 Å². The molecule has 7 nitrogen and oxygen atoms in total. The van der Waals surface area contributed by atoms with E-state index in [2.05, 4.69) is 15.7 Å². The molecule has 1 aliphatic rings. The molecule has 0 spiro atoms. The van der Waals surface area contributed by atoms with Crippen molar-refractivity contribution in [2.75, 3.05) is 5.32 Å². The lowest BCUT2D eigenvalue weighted by Crippen LogP contribution is -2.22. The van der Waals surface area contributed by atoms with Gasteiger partial charge in [-0.25, -0.2) is 0 Å². The smallest absolute Gasteiger partial charge is 0.278 e. The molecule has 4 heterocycles. The Bertz CT molecular complexity index is 1260. The van der Waals surface area contributed by atoms with Crippen molar-refractivity contribution in [1.29, 1.82) is 0 Å². The second-order valence-electron chi connectivity index (χ2n) is 6.57. The highest BCUT2D eigenvalue weighted by molar-refractivity contribution is 7.20. The molecule has 0 radical (unpaired) electrons. The molecule has 5 rings (SSSR count). The van der Waals surface area contributed by atoms with Gasteiger partial charge in [-0.05, 0) is 41.3 Å². The maximum absolute atomic E-state index is 12.5. The van der Waals surface area contributed by atoms with Crippen molar-refractivity contribution in [3.63, 3.8) is 0 Å². The standard InChI is InChI=1S/C20H16N4O3S2/c25-18(21-9-15-5-2-6-28-15)12-3-1-4-14(7-12)22-20-23-24-17(29-20)8-13-10-27-11-16(13)19(24)26/h1-8H,9-11H2,(H,21,25)(H,22,23). The maximum atomic E-state index is 12.5. The number of hydrogen-bond donors (Lipinski definition) is 2. The van der Waals surface area contributed by atoms with Gasteiger partial charge in [0.05, 0.1) is 25.3 Å². The van der Waals surface area contributed by atoms with Crippen molar-refractivity contribution >= 4 is 44.2 Å². The summed E-state index contributed by atoms with van der Waals surface area (Å²) in [6.07, 6.45) is 0. The summed E-state index contributed by atoms with van der Waals surface area (Å²) in [5.74, 6) is -0.140. The molecule has 0 saturated carbocycles. The molecule has 3 aromatic heterocycles. The first kappa shape index (κ1) is 18.0. The third-order valence-corrected chi connectivity index (χ3v) is 6.37. The minimum absolute atomic E-state index is 0.138. The molecule has 4 aromatic rings. The van der Waals surface area contributed by atoms with Gasteiger partial charge in [0.25, 0.3) is 11.5 Å². The average molecular weight is 425 g/mol. The third-order valence-electron chi connectivity index (χ3n) is 4.62. The number of carbonyl (C=O) groups is 1. The lowest BCUT2D eigenvalue weighted by atomic mass is 10.2. The van der Waals surface area contributed by atoms with Gasteiger partial charge in [0.1, 0.15) is 4.83 Å². The van der Waals surface area contributed by atoms with E-state index in [1.54, 1.807) is 23.5 Å². The molecule has 0 saturated heterocycles. The zero-order chi connectivity index (χ0) is 19.8. The number of benzene rings is 1. The summed E-state index contributed by atoms with van der Waals surface area (Å²) < 4.78 is 6.75. The molecule has 0 bridgehead atoms. The second kappa shape index (κ2) is 7.43. The number of nitrogens with zero attached hydrogens (tertiary/aromatic N) is 2. The molecule has 9 heteroatoms. The fraction of sp³-hybridized carbons (Fsp3) is 0.150. The number of nitrogens with one attached hydrogen (secondary N) is 2. The largest absolute Gasteiger partial charge is 0.372 e. The van der Waals surface area contributed by atoms with Crippen LogP contribution in [-0.2, 0) is 24.5 Å². The number of pyridine rings is 1. The Kier molecular flexibility index (Phi) is 4.62. The van der Waals surface area contributed by atoms with E-state index in [4.69, 9.17) is 4.74 Å². The van der Waals surface area contributed by atoms with E-state index >= 15 is 0 Å². The molecule has 29 heavy (non-hydrogen) atoms. The number of ether oxygens (including phenoxy) is 1. The van der Waals surface area contributed by atoms with Gasteiger partial charge in [-0.15, -0.1) is 16.4 Å². The molecule has 2 N–H and O–H groups in total. The zero-order valence-electron chi connectivity index (χ0n) is 15.2. The molecule has 0 aliphatic carbocycles. The Labute approximate surface area is 173 Å². The predicted molar refractivity (Wildman–Crippen MR) is 113 cm³/mol. The van der Waals surface area contributed by atoms with Crippen molar-refractivity contribution in [3.05, 3.63) is 79.8 Å². The monoisotopic (exact) mass is 424 g/mol. The van der Waals surface area contributed by atoms with Gasteiger partial charge in [-0.3, -0.25) is 9.59 Å². The van der Waals surface area contributed by atoms with Crippen molar-refractivity contribution < 1.29 is 9.53 Å². The van der Waals surface area contributed by atoms with Crippen LogP contribution >= 0.6 is 22.7 Å². The van der Waals surface area contributed by atoms with Crippen LogP contribution in [0.1, 0.15) is 26.4 Å². The van der Waals surface area contributed by atoms with Crippen LogP contribution in [0.5, 0.6) is 0 Å². The predicted octanol–water partition coefficient (Wildman–Crippen LogP) is 3.52. The van der Waals surface area contributed by atoms with E-state index in [0.29, 0.717) is 36.0 Å². The van der Waals surface area contributed by atoms with Crippen molar-refractivity contribution in [2.45, 2.75) is 19.8 Å². The molecule has 0 fully saturated rings. The highest BCUT2D eigenvalue weighted by Crippen LogP contribution is 2.26.